The number of aromatic amines is 1. The van der Waals surface area contributed by atoms with Gasteiger partial charge in [-0.1, -0.05) is 48.5 Å². The number of hydrogen-bond acceptors (Lipinski definition) is 3. The van der Waals surface area contributed by atoms with Crippen LogP contribution in [0, 0.1) is 0 Å². The summed E-state index contributed by atoms with van der Waals surface area (Å²) in [7, 11) is 1.30. The highest BCUT2D eigenvalue weighted by molar-refractivity contribution is 6.11. The molecule has 2 N–H and O–H groups in total. The molecule has 0 bridgehead atoms. The zero-order chi connectivity index (χ0) is 22.0. The average molecular weight is 424 g/mol. The number of para-hydroxylation sites is 1. The van der Waals surface area contributed by atoms with E-state index in [0.717, 1.165) is 23.0 Å². The Morgan fingerprint density at radius 1 is 1.00 bits per heavy atom. The number of rotatable bonds is 6. The molecule has 1 atom stereocenters. The third kappa shape index (κ3) is 4.26. The van der Waals surface area contributed by atoms with Gasteiger partial charge < -0.3 is 15.0 Å². The van der Waals surface area contributed by atoms with Crippen LogP contribution in [0.2, 0.25) is 0 Å². The molecule has 1 unspecified atom stereocenters. The van der Waals surface area contributed by atoms with Crippen molar-refractivity contribution in [3.8, 4) is 5.75 Å². The summed E-state index contributed by atoms with van der Waals surface area (Å²) in [6.07, 6.45) is -2.93. The fourth-order valence-corrected chi connectivity index (χ4v) is 3.51. The van der Waals surface area contributed by atoms with Crippen LogP contribution in [0.3, 0.4) is 0 Å². The lowest BCUT2D eigenvalue weighted by atomic mass is 9.96. The number of fused-ring (bicyclic) bond motifs is 1. The number of H-pyrrole nitrogens is 1. The van der Waals surface area contributed by atoms with E-state index in [1.807, 2.05) is 30.3 Å². The second-order valence-electron chi connectivity index (χ2n) is 7.05. The molecule has 0 fully saturated rings. The van der Waals surface area contributed by atoms with Crippen LogP contribution in [0.25, 0.3) is 10.9 Å². The van der Waals surface area contributed by atoms with Gasteiger partial charge in [-0.05, 0) is 23.8 Å². The summed E-state index contributed by atoms with van der Waals surface area (Å²) in [5.74, 6) is -0.219. The van der Waals surface area contributed by atoms with Crippen LogP contribution in [-0.2, 0) is 6.18 Å². The van der Waals surface area contributed by atoms with Gasteiger partial charge in [0.15, 0.2) is 5.78 Å². The zero-order valence-electron chi connectivity index (χ0n) is 16.5. The highest BCUT2D eigenvalue weighted by Gasteiger charge is 2.32. The first-order valence-corrected chi connectivity index (χ1v) is 9.55. The first kappa shape index (κ1) is 20.5. The number of Topliss-reactive ketones (excluding diaryl/α,β-unsaturated/α-hetero) is 1. The van der Waals surface area contributed by atoms with Gasteiger partial charge in [0.1, 0.15) is 11.8 Å². The maximum atomic E-state index is 13.5. The van der Waals surface area contributed by atoms with Crippen LogP contribution in [0.4, 0.5) is 18.9 Å². The highest BCUT2D eigenvalue weighted by Crippen LogP contribution is 2.36. The lowest BCUT2D eigenvalue weighted by molar-refractivity contribution is -0.137. The molecule has 31 heavy (non-hydrogen) atoms. The Bertz CT molecular complexity index is 1220. The molecule has 1 heterocycles. The number of methoxy groups -OCH3 is 1. The molecule has 0 saturated carbocycles. The SMILES string of the molecule is COc1cc(NC(C(=O)c2c[nH]c3ccccc23)c2ccccc2)cc(C(F)(F)F)c1. The summed E-state index contributed by atoms with van der Waals surface area (Å²) >= 11 is 0. The predicted octanol–water partition coefficient (Wildman–Crippen LogP) is 6.23. The maximum absolute atomic E-state index is 13.5. The van der Waals surface area contributed by atoms with Gasteiger partial charge in [0, 0.05) is 34.4 Å². The Morgan fingerprint density at radius 2 is 1.71 bits per heavy atom. The number of alkyl halides is 3. The van der Waals surface area contributed by atoms with E-state index in [4.69, 9.17) is 4.74 Å². The zero-order valence-corrected chi connectivity index (χ0v) is 16.5. The Hall–Kier alpha value is -3.74. The Morgan fingerprint density at radius 3 is 2.42 bits per heavy atom. The first-order valence-electron chi connectivity index (χ1n) is 9.55. The molecule has 0 amide bonds. The van der Waals surface area contributed by atoms with Crippen LogP contribution in [-0.4, -0.2) is 17.9 Å². The van der Waals surface area contributed by atoms with Gasteiger partial charge in [-0.3, -0.25) is 4.79 Å². The number of anilines is 1. The standard InChI is InChI=1S/C24H19F3N2O2/c1-31-18-12-16(24(25,26)27)11-17(13-18)29-22(15-7-3-2-4-8-15)23(30)20-14-28-21-10-6-5-9-19(20)21/h2-14,22,28-29H,1H3. The van der Waals surface area contributed by atoms with Crippen LogP contribution in [0.1, 0.15) is 27.5 Å². The van der Waals surface area contributed by atoms with Crippen LogP contribution in [0.15, 0.2) is 79.0 Å². The monoisotopic (exact) mass is 424 g/mol. The summed E-state index contributed by atoms with van der Waals surface area (Å²) in [5, 5.41) is 3.74. The van der Waals surface area contributed by atoms with Crippen molar-refractivity contribution in [2.75, 3.05) is 12.4 Å². The van der Waals surface area contributed by atoms with Crippen LogP contribution in [0.5, 0.6) is 5.75 Å². The maximum Gasteiger partial charge on any atom is 0.416 e. The van der Waals surface area contributed by atoms with Gasteiger partial charge in [-0.15, -0.1) is 0 Å². The van der Waals surface area contributed by atoms with E-state index >= 15 is 0 Å². The molecular weight excluding hydrogens is 405 g/mol. The summed E-state index contributed by atoms with van der Waals surface area (Å²) in [5.41, 5.74) is 1.16. The number of ether oxygens (including phenoxy) is 1. The van der Waals surface area contributed by atoms with Gasteiger partial charge in [-0.25, -0.2) is 0 Å². The van der Waals surface area contributed by atoms with Gasteiger partial charge in [0.25, 0.3) is 0 Å². The highest BCUT2D eigenvalue weighted by atomic mass is 19.4. The van der Waals surface area contributed by atoms with E-state index in [1.54, 1.807) is 30.5 Å². The van der Waals surface area contributed by atoms with E-state index in [0.29, 0.717) is 11.1 Å². The van der Waals surface area contributed by atoms with Crippen LogP contribution < -0.4 is 10.1 Å². The molecule has 3 aromatic carbocycles. The van der Waals surface area contributed by atoms with Crippen LogP contribution >= 0.6 is 0 Å². The summed E-state index contributed by atoms with van der Waals surface area (Å²) in [6, 6.07) is 18.7. The van der Waals surface area contributed by atoms with Crippen molar-refractivity contribution < 1.29 is 22.7 Å². The molecule has 4 rings (SSSR count). The number of carbonyl (C=O) groups excluding carboxylic acids is 1. The normalized spacial score (nSPS) is 12.5. The van der Waals surface area contributed by atoms with Crippen molar-refractivity contribution in [1.82, 2.24) is 4.98 Å². The van der Waals surface area contributed by atoms with Crippen molar-refractivity contribution >= 4 is 22.4 Å². The lowest BCUT2D eigenvalue weighted by Crippen LogP contribution is -2.21. The number of aromatic nitrogens is 1. The Kier molecular flexibility index (Phi) is 5.42. The fraction of sp³-hybridized carbons (Fsp3) is 0.125. The number of carbonyl (C=O) groups is 1. The van der Waals surface area contributed by atoms with Gasteiger partial charge in [0.05, 0.1) is 12.7 Å². The van der Waals surface area contributed by atoms with Crippen molar-refractivity contribution in [3.05, 3.63) is 95.7 Å². The predicted molar refractivity (Wildman–Crippen MR) is 113 cm³/mol. The minimum atomic E-state index is -4.55. The van der Waals surface area contributed by atoms with Gasteiger partial charge in [-0.2, -0.15) is 13.2 Å². The number of benzene rings is 3. The first-order chi connectivity index (χ1) is 14.9. The number of nitrogens with one attached hydrogen (secondary N) is 2. The smallest absolute Gasteiger partial charge is 0.416 e. The molecule has 0 radical (unpaired) electrons. The largest absolute Gasteiger partial charge is 0.497 e. The minimum Gasteiger partial charge on any atom is -0.497 e. The van der Waals surface area contributed by atoms with Crippen molar-refractivity contribution in [1.29, 1.82) is 0 Å². The molecule has 1 aromatic heterocycles. The summed E-state index contributed by atoms with van der Waals surface area (Å²) in [4.78, 5) is 16.6. The quantitative estimate of drug-likeness (QED) is 0.361. The second-order valence-corrected chi connectivity index (χ2v) is 7.05. The molecule has 4 nitrogen and oxygen atoms in total. The molecule has 0 spiro atoms. The van der Waals surface area contributed by atoms with E-state index in [2.05, 4.69) is 10.3 Å². The number of halogens is 3. The summed E-state index contributed by atoms with van der Waals surface area (Å²) in [6.45, 7) is 0. The average Bonchev–Trinajstić information content (AvgIpc) is 3.21. The van der Waals surface area contributed by atoms with E-state index in [9.17, 15) is 18.0 Å². The van der Waals surface area contributed by atoms with E-state index < -0.39 is 17.8 Å². The minimum absolute atomic E-state index is 0.0451. The number of ketones is 1. The van der Waals surface area contributed by atoms with Crippen molar-refractivity contribution in [3.63, 3.8) is 0 Å². The topological polar surface area (TPSA) is 54.1 Å². The summed E-state index contributed by atoms with van der Waals surface area (Å²) < 4.78 is 45.1. The van der Waals surface area contributed by atoms with Crippen molar-refractivity contribution in [2.24, 2.45) is 0 Å². The Balaban J connectivity index is 1.78. The molecule has 158 valence electrons. The lowest BCUT2D eigenvalue weighted by Gasteiger charge is -2.21. The molecule has 0 aliphatic rings. The molecule has 4 aromatic rings. The molecule has 0 aliphatic heterocycles. The Labute approximate surface area is 176 Å². The third-order valence-corrected chi connectivity index (χ3v) is 5.03. The molecule has 7 heteroatoms. The van der Waals surface area contributed by atoms with Gasteiger partial charge in [0.2, 0.25) is 0 Å². The van der Waals surface area contributed by atoms with E-state index in [-0.39, 0.29) is 17.2 Å². The molecule has 0 aliphatic carbocycles. The second kappa shape index (κ2) is 8.18. The molecular formula is C24H19F3N2O2. The fourth-order valence-electron chi connectivity index (χ4n) is 3.51. The van der Waals surface area contributed by atoms with E-state index in [1.165, 1.54) is 13.2 Å². The third-order valence-electron chi connectivity index (χ3n) is 5.03. The number of hydrogen-bond donors (Lipinski definition) is 2. The van der Waals surface area contributed by atoms with Crippen molar-refractivity contribution in [2.45, 2.75) is 12.2 Å². The van der Waals surface area contributed by atoms with Gasteiger partial charge >= 0.3 is 6.18 Å². The molecule has 0 saturated heterocycles.